The van der Waals surface area contributed by atoms with Gasteiger partial charge < -0.3 is 14.8 Å². The van der Waals surface area contributed by atoms with Gasteiger partial charge in [-0.05, 0) is 44.9 Å². The normalized spacial score (nSPS) is 12.4. The van der Waals surface area contributed by atoms with Gasteiger partial charge in [0.15, 0.2) is 5.78 Å². The molecule has 0 aliphatic rings. The smallest absolute Gasteiger partial charge is 0.408 e. The fraction of sp³-hybridized carbons (Fsp3) is 0.556. The Balaban J connectivity index is 2.91. The molecule has 0 heterocycles. The Hall–Kier alpha value is -2.04. The second-order valence-electron chi connectivity index (χ2n) is 6.42. The van der Waals surface area contributed by atoms with E-state index >= 15 is 0 Å². The summed E-state index contributed by atoms with van der Waals surface area (Å²) < 4.78 is 10.4. The van der Waals surface area contributed by atoms with Crippen LogP contribution in [0.5, 0.6) is 5.75 Å². The number of ether oxygens (including phenoxy) is 2. The molecular weight excluding hydrogens is 294 g/mol. The van der Waals surface area contributed by atoms with Crippen molar-refractivity contribution >= 4 is 11.9 Å². The Morgan fingerprint density at radius 2 is 1.78 bits per heavy atom. The predicted molar refractivity (Wildman–Crippen MR) is 89.6 cm³/mol. The Bertz CT molecular complexity index is 517. The van der Waals surface area contributed by atoms with Crippen molar-refractivity contribution in [3.05, 3.63) is 29.8 Å². The van der Waals surface area contributed by atoms with Gasteiger partial charge in [-0.2, -0.15) is 0 Å². The van der Waals surface area contributed by atoms with Crippen molar-refractivity contribution in [3.8, 4) is 5.75 Å². The monoisotopic (exact) mass is 321 g/mol. The maximum Gasteiger partial charge on any atom is 0.408 e. The van der Waals surface area contributed by atoms with Gasteiger partial charge in [-0.1, -0.05) is 25.5 Å². The number of hydrogen-bond acceptors (Lipinski definition) is 4. The van der Waals surface area contributed by atoms with E-state index in [2.05, 4.69) is 5.32 Å². The number of hydrogen-bond donors (Lipinski definition) is 1. The molecule has 0 spiro atoms. The van der Waals surface area contributed by atoms with Gasteiger partial charge >= 0.3 is 6.09 Å². The number of carbonyl (C=O) groups is 2. The molecule has 128 valence electrons. The molecular formula is C18H27NO4. The number of alkyl carbamates (subject to hydrolysis) is 1. The van der Waals surface area contributed by atoms with E-state index in [4.69, 9.17) is 9.47 Å². The first kappa shape index (κ1) is 19.0. The van der Waals surface area contributed by atoms with E-state index in [0.717, 1.165) is 18.4 Å². The highest BCUT2D eigenvalue weighted by atomic mass is 16.6. The molecule has 0 bridgehead atoms. The van der Waals surface area contributed by atoms with Crippen molar-refractivity contribution in [2.75, 3.05) is 7.11 Å². The van der Waals surface area contributed by atoms with Crippen LogP contribution in [-0.4, -0.2) is 24.6 Å². The fourth-order valence-corrected chi connectivity index (χ4v) is 2.07. The molecule has 1 N–H and O–H groups in total. The Morgan fingerprint density at radius 1 is 1.17 bits per heavy atom. The van der Waals surface area contributed by atoms with Gasteiger partial charge in [-0.25, -0.2) is 4.79 Å². The lowest BCUT2D eigenvalue weighted by molar-refractivity contribution is -0.121. The molecule has 0 aromatic heterocycles. The number of methoxy groups -OCH3 is 1. The predicted octanol–water partition coefficient (Wildman–Crippen LogP) is 4.02. The first-order valence-corrected chi connectivity index (χ1v) is 7.93. The summed E-state index contributed by atoms with van der Waals surface area (Å²) in [5.41, 5.74) is 0.110. The van der Waals surface area contributed by atoms with Gasteiger partial charge in [0.25, 0.3) is 0 Å². The average molecular weight is 321 g/mol. The summed E-state index contributed by atoms with van der Waals surface area (Å²) in [6, 6.07) is 6.40. The summed E-state index contributed by atoms with van der Waals surface area (Å²) >= 11 is 0. The molecule has 0 aliphatic carbocycles. The van der Waals surface area contributed by atoms with Crippen LogP contribution >= 0.6 is 0 Å². The van der Waals surface area contributed by atoms with E-state index in [1.54, 1.807) is 52.1 Å². The molecule has 0 unspecified atom stereocenters. The van der Waals surface area contributed by atoms with Crippen LogP contribution in [0.15, 0.2) is 24.3 Å². The quantitative estimate of drug-likeness (QED) is 0.824. The molecule has 1 rings (SSSR count). The number of amides is 1. The highest BCUT2D eigenvalue weighted by molar-refractivity contribution is 5.88. The average Bonchev–Trinajstić information content (AvgIpc) is 2.48. The first-order chi connectivity index (χ1) is 10.8. The van der Waals surface area contributed by atoms with E-state index in [0.29, 0.717) is 12.2 Å². The molecule has 0 radical (unpaired) electrons. The summed E-state index contributed by atoms with van der Waals surface area (Å²) in [5, 5.41) is 2.68. The highest BCUT2D eigenvalue weighted by Crippen LogP contribution is 2.21. The molecule has 0 saturated carbocycles. The lowest BCUT2D eigenvalue weighted by atomic mass is 9.99. The molecule has 1 atom stereocenters. The van der Waals surface area contributed by atoms with Crippen molar-refractivity contribution in [2.24, 2.45) is 0 Å². The van der Waals surface area contributed by atoms with Crippen molar-refractivity contribution in [1.29, 1.82) is 0 Å². The summed E-state index contributed by atoms with van der Waals surface area (Å²) in [5.74, 6) is 0.675. The number of rotatable bonds is 7. The van der Waals surface area contributed by atoms with Crippen LogP contribution in [0.2, 0.25) is 0 Å². The van der Waals surface area contributed by atoms with Crippen LogP contribution in [0.4, 0.5) is 4.79 Å². The lowest BCUT2D eigenvalue weighted by Gasteiger charge is -2.23. The van der Waals surface area contributed by atoms with Crippen LogP contribution in [-0.2, 0) is 9.53 Å². The summed E-state index contributed by atoms with van der Waals surface area (Å²) in [7, 11) is 1.58. The molecule has 0 saturated heterocycles. The Kier molecular flexibility index (Phi) is 7.07. The minimum atomic E-state index is -0.706. The third-order valence-corrected chi connectivity index (χ3v) is 3.21. The minimum Gasteiger partial charge on any atom is -0.497 e. The topological polar surface area (TPSA) is 64.6 Å². The molecule has 1 aromatic rings. The number of benzene rings is 1. The lowest BCUT2D eigenvalue weighted by Crippen LogP contribution is -2.38. The molecule has 5 nitrogen and oxygen atoms in total. The SMILES string of the molecule is CCCCC(=O)[C@H](NC(=O)OC(C)(C)C)c1ccc(OC)cc1. The van der Waals surface area contributed by atoms with Crippen LogP contribution in [0.1, 0.15) is 58.6 Å². The third kappa shape index (κ3) is 6.72. The summed E-state index contributed by atoms with van der Waals surface area (Å²) in [6.45, 7) is 7.38. The van der Waals surface area contributed by atoms with Gasteiger partial charge in [-0.15, -0.1) is 0 Å². The molecule has 5 heteroatoms. The van der Waals surface area contributed by atoms with Gasteiger partial charge in [0.2, 0.25) is 0 Å². The number of unbranched alkanes of at least 4 members (excludes halogenated alkanes) is 1. The molecule has 1 amide bonds. The Labute approximate surface area is 138 Å². The van der Waals surface area contributed by atoms with E-state index < -0.39 is 17.7 Å². The molecule has 0 fully saturated rings. The van der Waals surface area contributed by atoms with Crippen molar-refractivity contribution in [3.63, 3.8) is 0 Å². The van der Waals surface area contributed by atoms with Gasteiger partial charge in [-0.3, -0.25) is 4.79 Å². The zero-order valence-electron chi connectivity index (χ0n) is 14.6. The standard InChI is InChI=1S/C18H27NO4/c1-6-7-8-15(20)16(19-17(21)23-18(2,3)4)13-9-11-14(22-5)12-10-13/h9-12,16H,6-8H2,1-5H3,(H,19,21)/t16-/m1/s1. The number of carbonyl (C=O) groups excluding carboxylic acids is 2. The fourth-order valence-electron chi connectivity index (χ4n) is 2.07. The van der Waals surface area contributed by atoms with Crippen molar-refractivity contribution in [1.82, 2.24) is 5.32 Å². The van der Waals surface area contributed by atoms with Crippen LogP contribution in [0.3, 0.4) is 0 Å². The van der Waals surface area contributed by atoms with Crippen molar-refractivity contribution in [2.45, 2.75) is 58.6 Å². The number of Topliss-reactive ketones (excluding diaryl/α,β-unsaturated/α-hetero) is 1. The zero-order chi connectivity index (χ0) is 17.5. The maximum absolute atomic E-state index is 12.5. The second-order valence-corrected chi connectivity index (χ2v) is 6.42. The highest BCUT2D eigenvalue weighted by Gasteiger charge is 2.25. The second kappa shape index (κ2) is 8.56. The summed E-state index contributed by atoms with van der Waals surface area (Å²) in [6.07, 6.45) is 1.54. The minimum absolute atomic E-state index is 0.0251. The Morgan fingerprint density at radius 3 is 2.26 bits per heavy atom. The van der Waals surface area contributed by atoms with Crippen molar-refractivity contribution < 1.29 is 19.1 Å². The van der Waals surface area contributed by atoms with Gasteiger partial charge in [0.1, 0.15) is 17.4 Å². The number of ketones is 1. The first-order valence-electron chi connectivity index (χ1n) is 7.93. The van der Waals surface area contributed by atoms with Crippen LogP contribution in [0, 0.1) is 0 Å². The number of nitrogens with one attached hydrogen (secondary N) is 1. The molecule has 23 heavy (non-hydrogen) atoms. The van der Waals surface area contributed by atoms with Gasteiger partial charge in [0.05, 0.1) is 7.11 Å². The van der Waals surface area contributed by atoms with Crippen LogP contribution < -0.4 is 10.1 Å². The zero-order valence-corrected chi connectivity index (χ0v) is 14.6. The summed E-state index contributed by atoms with van der Waals surface area (Å²) in [4.78, 5) is 24.5. The van der Waals surface area contributed by atoms with E-state index in [-0.39, 0.29) is 5.78 Å². The van der Waals surface area contributed by atoms with Gasteiger partial charge in [0, 0.05) is 6.42 Å². The molecule has 1 aromatic carbocycles. The van der Waals surface area contributed by atoms with E-state index in [1.165, 1.54) is 0 Å². The molecule has 0 aliphatic heterocycles. The third-order valence-electron chi connectivity index (χ3n) is 3.21. The largest absolute Gasteiger partial charge is 0.497 e. The van der Waals surface area contributed by atoms with E-state index in [1.807, 2.05) is 6.92 Å². The maximum atomic E-state index is 12.5. The van der Waals surface area contributed by atoms with Crippen LogP contribution in [0.25, 0.3) is 0 Å². The van der Waals surface area contributed by atoms with E-state index in [9.17, 15) is 9.59 Å².